The zero-order chi connectivity index (χ0) is 13.4. The second-order valence-electron chi connectivity index (χ2n) is 4.36. The number of anilines is 1. The van der Waals surface area contributed by atoms with Gasteiger partial charge in [-0.1, -0.05) is 24.3 Å². The largest absolute Gasteiger partial charge is 0.382 e. The highest BCUT2D eigenvalue weighted by atomic mass is 19.1. The Balaban J connectivity index is 2.30. The van der Waals surface area contributed by atoms with Gasteiger partial charge in [-0.15, -0.1) is 0 Å². The van der Waals surface area contributed by atoms with Crippen molar-refractivity contribution < 1.29 is 4.39 Å². The van der Waals surface area contributed by atoms with Gasteiger partial charge < -0.3 is 5.73 Å². The zero-order valence-electron chi connectivity index (χ0n) is 10.4. The number of nitrogens with two attached hydrogens (primary N) is 1. The Hall–Kier alpha value is -2.49. The Morgan fingerprint density at radius 3 is 2.37 bits per heavy atom. The summed E-state index contributed by atoms with van der Waals surface area (Å²) >= 11 is 0. The number of halogens is 1. The molecule has 1 aromatic heterocycles. The SMILES string of the molecule is Cc1c(F)cccc1-c1nc2ccccc2nc1N. The Morgan fingerprint density at radius 2 is 1.63 bits per heavy atom. The summed E-state index contributed by atoms with van der Waals surface area (Å²) in [6.07, 6.45) is 0. The molecular weight excluding hydrogens is 241 g/mol. The van der Waals surface area contributed by atoms with Crippen LogP contribution in [0, 0.1) is 12.7 Å². The smallest absolute Gasteiger partial charge is 0.150 e. The number of hydrogen-bond acceptors (Lipinski definition) is 3. The molecule has 2 N–H and O–H groups in total. The molecule has 0 saturated heterocycles. The molecule has 1 heterocycles. The first-order chi connectivity index (χ1) is 9.16. The van der Waals surface area contributed by atoms with Crippen LogP contribution in [-0.2, 0) is 0 Å². The van der Waals surface area contributed by atoms with Gasteiger partial charge >= 0.3 is 0 Å². The molecule has 94 valence electrons. The van der Waals surface area contributed by atoms with Gasteiger partial charge in [0.15, 0.2) is 5.82 Å². The average molecular weight is 253 g/mol. The first-order valence-electron chi connectivity index (χ1n) is 5.94. The van der Waals surface area contributed by atoms with E-state index >= 15 is 0 Å². The van der Waals surface area contributed by atoms with Gasteiger partial charge in [0, 0.05) is 5.56 Å². The third-order valence-corrected chi connectivity index (χ3v) is 3.12. The first-order valence-corrected chi connectivity index (χ1v) is 5.94. The Kier molecular flexibility index (Phi) is 2.63. The highest BCUT2D eigenvalue weighted by molar-refractivity contribution is 5.83. The zero-order valence-corrected chi connectivity index (χ0v) is 10.4. The molecule has 19 heavy (non-hydrogen) atoms. The van der Waals surface area contributed by atoms with Crippen molar-refractivity contribution in [3.8, 4) is 11.3 Å². The minimum absolute atomic E-state index is 0.271. The van der Waals surface area contributed by atoms with E-state index in [4.69, 9.17) is 5.73 Å². The summed E-state index contributed by atoms with van der Waals surface area (Å²) in [6, 6.07) is 12.3. The number of nitrogens with zero attached hydrogens (tertiary/aromatic N) is 2. The van der Waals surface area contributed by atoms with Crippen molar-refractivity contribution in [1.29, 1.82) is 0 Å². The summed E-state index contributed by atoms with van der Waals surface area (Å²) in [6.45, 7) is 1.71. The van der Waals surface area contributed by atoms with Gasteiger partial charge in [0.25, 0.3) is 0 Å². The van der Waals surface area contributed by atoms with Crippen molar-refractivity contribution in [2.45, 2.75) is 6.92 Å². The Bertz CT molecular complexity index is 768. The van der Waals surface area contributed by atoms with E-state index in [2.05, 4.69) is 9.97 Å². The van der Waals surface area contributed by atoms with Gasteiger partial charge in [0.05, 0.1) is 11.0 Å². The fraction of sp³-hybridized carbons (Fsp3) is 0.0667. The molecule has 3 aromatic rings. The van der Waals surface area contributed by atoms with Gasteiger partial charge in [0.1, 0.15) is 11.5 Å². The lowest BCUT2D eigenvalue weighted by Crippen LogP contribution is -2.00. The monoisotopic (exact) mass is 253 g/mol. The lowest BCUT2D eigenvalue weighted by molar-refractivity contribution is 0.619. The third kappa shape index (κ3) is 1.91. The summed E-state index contributed by atoms with van der Waals surface area (Å²) in [7, 11) is 0. The van der Waals surface area contributed by atoms with Crippen molar-refractivity contribution in [2.24, 2.45) is 0 Å². The van der Waals surface area contributed by atoms with Crippen LogP contribution in [0.4, 0.5) is 10.2 Å². The fourth-order valence-electron chi connectivity index (χ4n) is 2.08. The third-order valence-electron chi connectivity index (χ3n) is 3.12. The Labute approximate surface area is 109 Å². The topological polar surface area (TPSA) is 51.8 Å². The standard InChI is InChI=1S/C15H12FN3/c1-9-10(5-4-6-11(9)16)14-15(17)19-13-8-3-2-7-12(13)18-14/h2-8H,1H3,(H2,17,19). The summed E-state index contributed by atoms with van der Waals surface area (Å²) < 4.78 is 13.6. The lowest BCUT2D eigenvalue weighted by atomic mass is 10.0. The molecule has 0 atom stereocenters. The molecule has 0 spiro atoms. The number of rotatable bonds is 1. The van der Waals surface area contributed by atoms with E-state index in [9.17, 15) is 4.39 Å². The van der Waals surface area contributed by atoms with Crippen molar-refractivity contribution in [3.63, 3.8) is 0 Å². The van der Waals surface area contributed by atoms with Crippen LogP contribution in [0.25, 0.3) is 22.3 Å². The van der Waals surface area contributed by atoms with E-state index in [0.29, 0.717) is 22.6 Å². The van der Waals surface area contributed by atoms with Gasteiger partial charge in [0.2, 0.25) is 0 Å². The summed E-state index contributed by atoms with van der Waals surface area (Å²) in [5, 5.41) is 0. The van der Waals surface area contributed by atoms with E-state index in [1.165, 1.54) is 6.07 Å². The van der Waals surface area contributed by atoms with Gasteiger partial charge in [-0.25, -0.2) is 14.4 Å². The number of hydrogen-bond donors (Lipinski definition) is 1. The molecule has 0 amide bonds. The molecule has 0 bridgehead atoms. The van der Waals surface area contributed by atoms with Crippen LogP contribution in [0.2, 0.25) is 0 Å². The number of nitrogen functional groups attached to an aromatic ring is 1. The molecule has 0 aliphatic rings. The first kappa shape index (κ1) is 11.6. The lowest BCUT2D eigenvalue weighted by Gasteiger charge is -2.09. The van der Waals surface area contributed by atoms with Gasteiger partial charge in [-0.3, -0.25) is 0 Å². The number of fused-ring (bicyclic) bond motifs is 1. The fourth-order valence-corrected chi connectivity index (χ4v) is 2.08. The minimum Gasteiger partial charge on any atom is -0.382 e. The maximum atomic E-state index is 13.6. The molecule has 0 radical (unpaired) electrons. The van der Waals surface area contributed by atoms with Crippen molar-refractivity contribution in [3.05, 3.63) is 53.8 Å². The molecule has 4 heteroatoms. The number of aromatic nitrogens is 2. The normalized spacial score (nSPS) is 10.8. The highest BCUT2D eigenvalue weighted by Gasteiger charge is 2.12. The quantitative estimate of drug-likeness (QED) is 0.723. The maximum absolute atomic E-state index is 13.6. The average Bonchev–Trinajstić information content (AvgIpc) is 2.41. The number of benzene rings is 2. The molecule has 2 aromatic carbocycles. The van der Waals surface area contributed by atoms with Crippen LogP contribution >= 0.6 is 0 Å². The van der Waals surface area contributed by atoms with Gasteiger partial charge in [-0.05, 0) is 30.7 Å². The Morgan fingerprint density at radius 1 is 0.947 bits per heavy atom. The molecule has 3 nitrogen and oxygen atoms in total. The molecule has 0 aliphatic heterocycles. The predicted molar refractivity (Wildman–Crippen MR) is 74.1 cm³/mol. The van der Waals surface area contributed by atoms with E-state index in [-0.39, 0.29) is 5.82 Å². The van der Waals surface area contributed by atoms with Crippen LogP contribution in [0.1, 0.15) is 5.56 Å². The van der Waals surface area contributed by atoms with E-state index in [1.54, 1.807) is 19.1 Å². The number of para-hydroxylation sites is 2. The van der Waals surface area contributed by atoms with E-state index in [1.807, 2.05) is 24.3 Å². The second-order valence-corrected chi connectivity index (χ2v) is 4.36. The van der Waals surface area contributed by atoms with Crippen molar-refractivity contribution >= 4 is 16.9 Å². The van der Waals surface area contributed by atoms with Crippen LogP contribution in [0.5, 0.6) is 0 Å². The summed E-state index contributed by atoms with van der Waals surface area (Å²) in [5.74, 6) is 0.0410. The van der Waals surface area contributed by atoms with E-state index in [0.717, 1.165) is 11.0 Å². The minimum atomic E-state index is -0.271. The molecular formula is C15H12FN3. The van der Waals surface area contributed by atoms with Crippen LogP contribution < -0.4 is 5.73 Å². The summed E-state index contributed by atoms with van der Waals surface area (Å²) in [5.41, 5.74) is 9.15. The van der Waals surface area contributed by atoms with Crippen LogP contribution in [0.15, 0.2) is 42.5 Å². The summed E-state index contributed by atoms with van der Waals surface area (Å²) in [4.78, 5) is 8.81. The predicted octanol–water partition coefficient (Wildman–Crippen LogP) is 3.33. The van der Waals surface area contributed by atoms with Gasteiger partial charge in [-0.2, -0.15) is 0 Å². The molecule has 0 unspecified atom stereocenters. The molecule has 0 saturated carbocycles. The van der Waals surface area contributed by atoms with Crippen LogP contribution in [0.3, 0.4) is 0 Å². The van der Waals surface area contributed by atoms with Crippen molar-refractivity contribution in [2.75, 3.05) is 5.73 Å². The van der Waals surface area contributed by atoms with Crippen LogP contribution in [-0.4, -0.2) is 9.97 Å². The molecule has 0 aliphatic carbocycles. The second kappa shape index (κ2) is 4.31. The van der Waals surface area contributed by atoms with Crippen molar-refractivity contribution in [1.82, 2.24) is 9.97 Å². The van der Waals surface area contributed by atoms with E-state index < -0.39 is 0 Å². The highest BCUT2D eigenvalue weighted by Crippen LogP contribution is 2.28. The maximum Gasteiger partial charge on any atom is 0.150 e. The molecule has 3 rings (SSSR count). The molecule has 0 fully saturated rings.